The third-order valence-electron chi connectivity index (χ3n) is 3.01. The lowest BCUT2D eigenvalue weighted by molar-refractivity contribution is 0.281. The fraction of sp³-hybridized carbons (Fsp3) is 0.143. The number of anilines is 1. The molecule has 0 aliphatic rings. The number of halogens is 2. The van der Waals surface area contributed by atoms with Crippen molar-refractivity contribution >= 4 is 31.6 Å². The number of para-hydroxylation sites is 1. The van der Waals surface area contributed by atoms with Crippen LogP contribution in [0.15, 0.2) is 51.8 Å². The predicted molar refractivity (Wildman–Crippen MR) is 82.1 cm³/mol. The van der Waals surface area contributed by atoms with Gasteiger partial charge in [0.1, 0.15) is 10.7 Å². The number of nitrogens with zero attached hydrogens (tertiary/aromatic N) is 1. The average molecular weight is 374 g/mol. The quantitative estimate of drug-likeness (QED) is 0.896. The number of aliphatic hydroxyl groups is 1. The van der Waals surface area contributed by atoms with Gasteiger partial charge in [-0.15, -0.1) is 0 Å². The summed E-state index contributed by atoms with van der Waals surface area (Å²) in [7, 11) is -2.66. The van der Waals surface area contributed by atoms with Gasteiger partial charge < -0.3 is 5.11 Å². The Morgan fingerprint density at radius 3 is 2.52 bits per heavy atom. The topological polar surface area (TPSA) is 57.6 Å². The molecule has 0 aliphatic carbocycles. The zero-order chi connectivity index (χ0) is 15.6. The van der Waals surface area contributed by atoms with Crippen LogP contribution in [0.3, 0.4) is 0 Å². The van der Waals surface area contributed by atoms with Gasteiger partial charge in [0.2, 0.25) is 0 Å². The first kappa shape index (κ1) is 15.9. The lowest BCUT2D eigenvalue weighted by atomic mass is 10.2. The molecule has 0 saturated carbocycles. The predicted octanol–water partition coefficient (Wildman–Crippen LogP) is 2.91. The molecule has 0 bridgehead atoms. The summed E-state index contributed by atoms with van der Waals surface area (Å²) in [4.78, 5) is -0.0280. The second kappa shape index (κ2) is 6.13. The minimum atomic E-state index is -3.94. The van der Waals surface area contributed by atoms with E-state index in [9.17, 15) is 12.8 Å². The van der Waals surface area contributed by atoms with Crippen LogP contribution in [-0.2, 0) is 16.6 Å². The van der Waals surface area contributed by atoms with Crippen molar-refractivity contribution in [3.05, 3.63) is 58.3 Å². The first-order valence-electron chi connectivity index (χ1n) is 6.00. The Balaban J connectivity index is 2.54. The minimum absolute atomic E-state index is 0.0280. The van der Waals surface area contributed by atoms with E-state index in [1.807, 2.05) is 0 Å². The molecule has 0 unspecified atom stereocenters. The van der Waals surface area contributed by atoms with Gasteiger partial charge in [-0.3, -0.25) is 4.31 Å². The molecule has 1 N–H and O–H groups in total. The molecule has 0 fully saturated rings. The number of aliphatic hydroxyl groups excluding tert-OH is 1. The van der Waals surface area contributed by atoms with E-state index in [0.717, 1.165) is 4.31 Å². The van der Waals surface area contributed by atoms with Crippen molar-refractivity contribution < 1.29 is 17.9 Å². The zero-order valence-electron chi connectivity index (χ0n) is 11.1. The molecule has 7 heteroatoms. The van der Waals surface area contributed by atoms with Crippen LogP contribution in [-0.4, -0.2) is 20.6 Å². The highest BCUT2D eigenvalue weighted by Crippen LogP contribution is 2.29. The molecule has 4 nitrogen and oxygen atoms in total. The molecule has 0 aliphatic heterocycles. The average Bonchev–Trinajstić information content (AvgIpc) is 2.47. The van der Waals surface area contributed by atoms with Crippen LogP contribution in [0, 0.1) is 5.82 Å². The van der Waals surface area contributed by atoms with Gasteiger partial charge in [0, 0.05) is 11.5 Å². The van der Waals surface area contributed by atoms with Gasteiger partial charge in [-0.1, -0.05) is 18.2 Å². The van der Waals surface area contributed by atoms with E-state index in [1.165, 1.54) is 37.4 Å². The number of benzene rings is 2. The Bertz CT molecular complexity index is 765. The smallest absolute Gasteiger partial charge is 0.265 e. The zero-order valence-corrected chi connectivity index (χ0v) is 13.5. The van der Waals surface area contributed by atoms with Crippen molar-refractivity contribution in [3.63, 3.8) is 0 Å². The van der Waals surface area contributed by atoms with Crippen LogP contribution in [0.4, 0.5) is 10.1 Å². The van der Waals surface area contributed by atoms with Crippen molar-refractivity contribution in [1.82, 2.24) is 0 Å². The number of hydrogen-bond acceptors (Lipinski definition) is 3. The van der Waals surface area contributed by atoms with E-state index in [2.05, 4.69) is 15.9 Å². The van der Waals surface area contributed by atoms with E-state index in [0.29, 0.717) is 10.0 Å². The highest BCUT2D eigenvalue weighted by Gasteiger charge is 2.25. The number of rotatable bonds is 4. The fourth-order valence-corrected chi connectivity index (χ4v) is 4.01. The maximum atomic E-state index is 13.8. The van der Waals surface area contributed by atoms with Gasteiger partial charge in [-0.2, -0.15) is 0 Å². The van der Waals surface area contributed by atoms with Crippen LogP contribution in [0.25, 0.3) is 0 Å². The van der Waals surface area contributed by atoms with E-state index < -0.39 is 15.8 Å². The van der Waals surface area contributed by atoms with Gasteiger partial charge in [0.25, 0.3) is 10.0 Å². The molecule has 0 heterocycles. The Labute approximate surface area is 131 Å². The van der Waals surface area contributed by atoms with Crippen LogP contribution >= 0.6 is 15.9 Å². The summed E-state index contributed by atoms with van der Waals surface area (Å²) < 4.78 is 40.2. The normalized spacial score (nSPS) is 11.4. The van der Waals surface area contributed by atoms with Crippen LogP contribution < -0.4 is 4.31 Å². The van der Waals surface area contributed by atoms with Crippen molar-refractivity contribution in [1.29, 1.82) is 0 Å². The highest BCUT2D eigenvalue weighted by molar-refractivity contribution is 9.10. The molecular weight excluding hydrogens is 361 g/mol. The standard InChI is InChI=1S/C14H13BrFNO3S/c1-17(13-5-3-2-4-12(13)16)21(19,20)14-8-10(9-18)6-7-11(14)15/h2-8,18H,9H2,1H3. The third kappa shape index (κ3) is 3.09. The van der Waals surface area contributed by atoms with Gasteiger partial charge in [-0.25, -0.2) is 12.8 Å². The second-order valence-electron chi connectivity index (χ2n) is 4.35. The van der Waals surface area contributed by atoms with Crippen molar-refractivity contribution in [3.8, 4) is 0 Å². The molecule has 0 aromatic heterocycles. The first-order valence-corrected chi connectivity index (χ1v) is 8.24. The molecule has 112 valence electrons. The van der Waals surface area contributed by atoms with E-state index in [4.69, 9.17) is 5.11 Å². The molecule has 2 rings (SSSR count). The largest absolute Gasteiger partial charge is 0.392 e. The molecule has 2 aromatic rings. The van der Waals surface area contributed by atoms with Crippen LogP contribution in [0.1, 0.15) is 5.56 Å². The van der Waals surface area contributed by atoms with Crippen molar-refractivity contribution in [2.75, 3.05) is 11.4 Å². The first-order chi connectivity index (χ1) is 9.87. The summed E-state index contributed by atoms with van der Waals surface area (Å²) in [6, 6.07) is 10.1. The number of hydrogen-bond donors (Lipinski definition) is 1. The van der Waals surface area contributed by atoms with E-state index >= 15 is 0 Å². The lowest BCUT2D eigenvalue weighted by Gasteiger charge is -2.21. The fourth-order valence-electron chi connectivity index (χ4n) is 1.83. The van der Waals surface area contributed by atoms with Crippen molar-refractivity contribution in [2.45, 2.75) is 11.5 Å². The van der Waals surface area contributed by atoms with Crippen LogP contribution in [0.2, 0.25) is 0 Å². The summed E-state index contributed by atoms with van der Waals surface area (Å²) in [6.45, 7) is -0.279. The SMILES string of the molecule is CN(c1ccccc1F)S(=O)(=O)c1cc(CO)ccc1Br. The molecule has 0 saturated heterocycles. The summed E-state index contributed by atoms with van der Waals surface area (Å²) in [5.41, 5.74) is 0.414. The Morgan fingerprint density at radius 1 is 1.24 bits per heavy atom. The van der Waals surface area contributed by atoms with Gasteiger partial charge >= 0.3 is 0 Å². The molecular formula is C14H13BrFNO3S. The van der Waals surface area contributed by atoms with Gasteiger partial charge in [0.05, 0.1) is 12.3 Å². The highest BCUT2D eigenvalue weighted by atomic mass is 79.9. The summed E-state index contributed by atoms with van der Waals surface area (Å²) in [5.74, 6) is -0.627. The summed E-state index contributed by atoms with van der Waals surface area (Å²) in [6.07, 6.45) is 0. The Kier molecular flexibility index (Phi) is 4.65. The Morgan fingerprint density at radius 2 is 1.90 bits per heavy atom. The molecule has 0 spiro atoms. The lowest BCUT2D eigenvalue weighted by Crippen LogP contribution is -2.27. The summed E-state index contributed by atoms with van der Waals surface area (Å²) in [5, 5.41) is 9.13. The second-order valence-corrected chi connectivity index (χ2v) is 7.14. The third-order valence-corrected chi connectivity index (χ3v) is 5.77. The molecule has 21 heavy (non-hydrogen) atoms. The van der Waals surface area contributed by atoms with Crippen LogP contribution in [0.5, 0.6) is 0 Å². The molecule has 2 aromatic carbocycles. The minimum Gasteiger partial charge on any atom is -0.392 e. The monoisotopic (exact) mass is 373 g/mol. The molecule has 0 atom stereocenters. The maximum absolute atomic E-state index is 13.8. The number of sulfonamides is 1. The van der Waals surface area contributed by atoms with E-state index in [1.54, 1.807) is 12.1 Å². The maximum Gasteiger partial charge on any atom is 0.265 e. The van der Waals surface area contributed by atoms with Gasteiger partial charge in [-0.05, 0) is 45.8 Å². The van der Waals surface area contributed by atoms with Crippen molar-refractivity contribution in [2.24, 2.45) is 0 Å². The van der Waals surface area contributed by atoms with Gasteiger partial charge in [0.15, 0.2) is 0 Å². The summed E-state index contributed by atoms with van der Waals surface area (Å²) >= 11 is 3.17. The van der Waals surface area contributed by atoms with E-state index in [-0.39, 0.29) is 17.2 Å². The Hall–Kier alpha value is -1.44. The molecule has 0 radical (unpaired) electrons. The molecule has 0 amide bonds.